The van der Waals surface area contributed by atoms with Gasteiger partial charge in [-0.1, -0.05) is 50.2 Å². The van der Waals surface area contributed by atoms with E-state index >= 15 is 0 Å². The van der Waals surface area contributed by atoms with Crippen molar-refractivity contribution >= 4 is 23.3 Å². The van der Waals surface area contributed by atoms with E-state index in [0.717, 1.165) is 23.2 Å². The molecule has 31 heavy (non-hydrogen) atoms. The molecular weight excluding hydrogens is 394 g/mol. The first-order valence-electron chi connectivity index (χ1n) is 10.6. The number of carboxylic acids is 1. The molecule has 0 aromatic heterocycles. The van der Waals surface area contributed by atoms with Crippen molar-refractivity contribution in [3.8, 4) is 11.1 Å². The highest BCUT2D eigenvalue weighted by molar-refractivity contribution is 5.98. The second-order valence-electron chi connectivity index (χ2n) is 8.08. The molecule has 0 saturated carbocycles. The monoisotopic (exact) mass is 425 g/mol. The van der Waals surface area contributed by atoms with Crippen LogP contribution in [0, 0.1) is 11.8 Å². The summed E-state index contributed by atoms with van der Waals surface area (Å²) in [5, 5.41) is 12.2. The lowest BCUT2D eigenvalue weighted by Gasteiger charge is -2.11. The number of carbonyl (C=O) groups excluding carboxylic acids is 2. The average Bonchev–Trinajstić information content (AvgIpc) is 2.75. The first kappa shape index (κ1) is 24.3. The Morgan fingerprint density at radius 1 is 0.935 bits per heavy atom. The Hall–Kier alpha value is -2.99. The number of rotatable bonds is 12. The molecule has 6 nitrogen and oxygen atoms in total. The average molecular weight is 426 g/mol. The van der Waals surface area contributed by atoms with E-state index < -0.39 is 11.9 Å². The zero-order chi connectivity index (χ0) is 22.8. The molecule has 2 aromatic carbocycles. The highest BCUT2D eigenvalue weighted by Gasteiger charge is 2.21. The van der Waals surface area contributed by atoms with E-state index in [1.807, 2.05) is 36.4 Å². The molecular formula is C25H31NO5. The molecule has 0 heterocycles. The predicted molar refractivity (Wildman–Crippen MR) is 121 cm³/mol. The van der Waals surface area contributed by atoms with Crippen LogP contribution in [0.25, 0.3) is 11.1 Å². The van der Waals surface area contributed by atoms with Crippen molar-refractivity contribution in [3.05, 3.63) is 54.1 Å². The van der Waals surface area contributed by atoms with Crippen molar-refractivity contribution in [2.45, 2.75) is 39.5 Å². The summed E-state index contributed by atoms with van der Waals surface area (Å²) >= 11 is 0. The second-order valence-corrected chi connectivity index (χ2v) is 8.08. The van der Waals surface area contributed by atoms with Gasteiger partial charge in [0.05, 0.1) is 5.92 Å². The number of Topliss-reactive ketones (excluding diaryl/α,β-unsaturated/α-hetero) is 1. The third-order valence-electron chi connectivity index (χ3n) is 5.11. The maximum absolute atomic E-state index is 12.5. The van der Waals surface area contributed by atoms with Crippen molar-refractivity contribution in [3.63, 3.8) is 0 Å². The van der Waals surface area contributed by atoms with Crippen LogP contribution in [0.15, 0.2) is 48.5 Å². The van der Waals surface area contributed by atoms with Gasteiger partial charge in [-0.25, -0.2) is 0 Å². The fourth-order valence-corrected chi connectivity index (χ4v) is 3.15. The molecule has 0 aliphatic rings. The summed E-state index contributed by atoms with van der Waals surface area (Å²) in [6.07, 6.45) is 1.61. The van der Waals surface area contributed by atoms with Gasteiger partial charge >= 0.3 is 5.97 Å². The summed E-state index contributed by atoms with van der Waals surface area (Å²) in [6.45, 7) is 4.48. The number of amides is 1. The minimum Gasteiger partial charge on any atom is -0.481 e. The molecule has 0 spiro atoms. The van der Waals surface area contributed by atoms with Gasteiger partial charge in [0.1, 0.15) is 0 Å². The summed E-state index contributed by atoms with van der Waals surface area (Å²) in [7, 11) is 1.51. The SMILES string of the molecule is COCCC(CC(=O)c1ccc(-c2ccc(NC(=O)CCC(C)C)cc2)cc1)C(=O)O. The van der Waals surface area contributed by atoms with Gasteiger partial charge < -0.3 is 15.2 Å². The molecule has 166 valence electrons. The van der Waals surface area contributed by atoms with Crippen molar-refractivity contribution in [2.75, 3.05) is 19.0 Å². The minimum absolute atomic E-state index is 0.00878. The molecule has 0 saturated heterocycles. The van der Waals surface area contributed by atoms with E-state index in [0.29, 0.717) is 30.9 Å². The highest BCUT2D eigenvalue weighted by atomic mass is 16.5. The number of ether oxygens (including phenoxy) is 1. The van der Waals surface area contributed by atoms with Gasteiger partial charge in [-0.05, 0) is 42.0 Å². The number of methoxy groups -OCH3 is 1. The number of ketones is 1. The van der Waals surface area contributed by atoms with E-state index in [2.05, 4.69) is 19.2 Å². The van der Waals surface area contributed by atoms with E-state index in [9.17, 15) is 19.5 Å². The lowest BCUT2D eigenvalue weighted by molar-refractivity contribution is -0.142. The Morgan fingerprint density at radius 3 is 2.03 bits per heavy atom. The van der Waals surface area contributed by atoms with E-state index in [4.69, 9.17) is 4.74 Å². The third kappa shape index (κ3) is 7.98. The molecule has 0 aliphatic heterocycles. The Bertz CT molecular complexity index is 872. The number of benzene rings is 2. The molecule has 0 fully saturated rings. The quantitative estimate of drug-likeness (QED) is 0.465. The standard InChI is InChI=1S/C25H31NO5/c1-17(2)4-13-24(28)26-22-11-9-19(10-12-22)18-5-7-20(8-6-18)23(27)16-21(25(29)30)14-15-31-3/h5-12,17,21H,4,13-16H2,1-3H3,(H,26,28)(H,29,30). The fraction of sp³-hybridized carbons (Fsp3) is 0.400. The van der Waals surface area contributed by atoms with Crippen LogP contribution in [0.4, 0.5) is 5.69 Å². The van der Waals surface area contributed by atoms with Crippen molar-refractivity contribution in [1.82, 2.24) is 0 Å². The second kappa shape index (κ2) is 12.0. The molecule has 1 amide bonds. The number of hydrogen-bond acceptors (Lipinski definition) is 4. The van der Waals surface area contributed by atoms with Gasteiger partial charge in [0, 0.05) is 37.8 Å². The smallest absolute Gasteiger partial charge is 0.307 e. The van der Waals surface area contributed by atoms with Gasteiger partial charge in [-0.2, -0.15) is 0 Å². The first-order chi connectivity index (χ1) is 14.8. The number of anilines is 1. The van der Waals surface area contributed by atoms with Crippen LogP contribution in [0.3, 0.4) is 0 Å². The van der Waals surface area contributed by atoms with E-state index in [1.165, 1.54) is 7.11 Å². The Morgan fingerprint density at radius 2 is 1.52 bits per heavy atom. The molecule has 2 rings (SSSR count). The lowest BCUT2D eigenvalue weighted by atomic mass is 9.94. The number of carboxylic acid groups (broad SMARTS) is 1. The maximum atomic E-state index is 12.5. The molecule has 1 atom stereocenters. The molecule has 0 bridgehead atoms. The molecule has 0 aliphatic carbocycles. The summed E-state index contributed by atoms with van der Waals surface area (Å²) in [4.78, 5) is 35.8. The minimum atomic E-state index is -0.988. The van der Waals surface area contributed by atoms with E-state index in [-0.39, 0.29) is 18.1 Å². The van der Waals surface area contributed by atoms with Crippen molar-refractivity contribution in [2.24, 2.45) is 11.8 Å². The summed E-state index contributed by atoms with van der Waals surface area (Å²) in [6, 6.07) is 14.7. The van der Waals surface area contributed by atoms with Crippen LogP contribution in [-0.4, -0.2) is 36.5 Å². The first-order valence-corrected chi connectivity index (χ1v) is 10.6. The van der Waals surface area contributed by atoms with E-state index in [1.54, 1.807) is 12.1 Å². The lowest BCUT2D eigenvalue weighted by Crippen LogP contribution is -2.19. The topological polar surface area (TPSA) is 92.7 Å². The van der Waals surface area contributed by atoms with Crippen LogP contribution in [0.1, 0.15) is 49.9 Å². The molecule has 2 aromatic rings. The van der Waals surface area contributed by atoms with Crippen molar-refractivity contribution < 1.29 is 24.2 Å². The van der Waals surface area contributed by atoms with Gasteiger partial charge in [-0.3, -0.25) is 14.4 Å². The Kier molecular flexibility index (Phi) is 9.40. The highest BCUT2D eigenvalue weighted by Crippen LogP contribution is 2.23. The third-order valence-corrected chi connectivity index (χ3v) is 5.11. The predicted octanol–water partition coefficient (Wildman–Crippen LogP) is 5.04. The summed E-state index contributed by atoms with van der Waals surface area (Å²) in [5.41, 5.74) is 3.13. The van der Waals surface area contributed by atoms with Gasteiger partial charge in [0.15, 0.2) is 5.78 Å². The zero-order valence-corrected chi connectivity index (χ0v) is 18.4. The summed E-state index contributed by atoms with van der Waals surface area (Å²) < 4.78 is 4.93. The molecule has 2 N–H and O–H groups in total. The molecule has 6 heteroatoms. The number of aliphatic carboxylic acids is 1. The van der Waals surface area contributed by atoms with Gasteiger partial charge in [-0.15, -0.1) is 0 Å². The maximum Gasteiger partial charge on any atom is 0.307 e. The number of hydrogen-bond donors (Lipinski definition) is 2. The number of carbonyl (C=O) groups is 3. The molecule has 0 radical (unpaired) electrons. The largest absolute Gasteiger partial charge is 0.481 e. The van der Waals surface area contributed by atoms with Crippen LogP contribution < -0.4 is 5.32 Å². The van der Waals surface area contributed by atoms with Gasteiger partial charge in [0.2, 0.25) is 5.91 Å². The van der Waals surface area contributed by atoms with Crippen LogP contribution >= 0.6 is 0 Å². The Balaban J connectivity index is 1.98. The number of nitrogens with one attached hydrogen (secondary N) is 1. The van der Waals surface area contributed by atoms with Crippen LogP contribution in [-0.2, 0) is 14.3 Å². The zero-order valence-electron chi connectivity index (χ0n) is 18.4. The normalized spacial score (nSPS) is 11.9. The Labute approximate surface area is 183 Å². The van der Waals surface area contributed by atoms with Crippen LogP contribution in [0.5, 0.6) is 0 Å². The molecule has 1 unspecified atom stereocenters. The van der Waals surface area contributed by atoms with Crippen molar-refractivity contribution in [1.29, 1.82) is 0 Å². The summed E-state index contributed by atoms with van der Waals surface area (Å²) in [5.74, 6) is -1.44. The van der Waals surface area contributed by atoms with Gasteiger partial charge in [0.25, 0.3) is 0 Å². The van der Waals surface area contributed by atoms with Crippen LogP contribution in [0.2, 0.25) is 0 Å². The fourth-order valence-electron chi connectivity index (χ4n) is 3.15.